The Morgan fingerprint density at radius 3 is 1.94 bits per heavy atom. The lowest BCUT2D eigenvalue weighted by molar-refractivity contribution is 1.30. The van der Waals surface area contributed by atoms with Gasteiger partial charge in [0.2, 0.25) is 0 Å². The van der Waals surface area contributed by atoms with Crippen molar-refractivity contribution in [1.29, 1.82) is 0 Å². The molecule has 0 fully saturated rings. The molecule has 0 nitrogen and oxygen atoms in total. The molecule has 1 radical (unpaired) electrons. The molecular formula is C17H19. The van der Waals surface area contributed by atoms with Gasteiger partial charge in [0.1, 0.15) is 0 Å². The highest BCUT2D eigenvalue weighted by Gasteiger charge is 2.09. The van der Waals surface area contributed by atoms with Gasteiger partial charge in [0, 0.05) is 0 Å². The number of benzene rings is 2. The maximum atomic E-state index is 3.34. The quantitative estimate of drug-likeness (QED) is 0.657. The number of hydrogen-bond acceptors (Lipinski definition) is 0. The summed E-state index contributed by atoms with van der Waals surface area (Å²) in [5.41, 5.74) is 9.22. The highest BCUT2D eigenvalue weighted by Crippen LogP contribution is 2.31. The predicted octanol–water partition coefficient (Wildman–Crippen LogP) is 4.70. The minimum Gasteiger partial charge on any atom is -0.0557 e. The van der Waals surface area contributed by atoms with Gasteiger partial charge in [0.25, 0.3) is 0 Å². The van der Waals surface area contributed by atoms with Gasteiger partial charge in [-0.25, -0.2) is 0 Å². The van der Waals surface area contributed by atoms with Crippen LogP contribution < -0.4 is 0 Å². The fourth-order valence-corrected chi connectivity index (χ4v) is 2.54. The second kappa shape index (κ2) is 4.37. The van der Waals surface area contributed by atoms with Gasteiger partial charge in [0.05, 0.1) is 0 Å². The van der Waals surface area contributed by atoms with Gasteiger partial charge < -0.3 is 0 Å². The van der Waals surface area contributed by atoms with Crippen molar-refractivity contribution in [2.45, 2.75) is 34.6 Å². The van der Waals surface area contributed by atoms with Crippen molar-refractivity contribution < 1.29 is 0 Å². The van der Waals surface area contributed by atoms with E-state index in [1.54, 1.807) is 0 Å². The van der Waals surface area contributed by atoms with Crippen molar-refractivity contribution in [3.05, 3.63) is 58.1 Å². The van der Waals surface area contributed by atoms with Crippen LogP contribution in [-0.2, 0) is 0 Å². The summed E-state index contributed by atoms with van der Waals surface area (Å²) in [6.45, 7) is 10.8. The molecule has 0 aliphatic carbocycles. The number of rotatable bonds is 1. The van der Waals surface area contributed by atoms with E-state index in [0.717, 1.165) is 0 Å². The maximum absolute atomic E-state index is 3.34. The van der Waals surface area contributed by atoms with Gasteiger partial charge >= 0.3 is 0 Å². The van der Waals surface area contributed by atoms with Crippen LogP contribution in [-0.4, -0.2) is 0 Å². The fraction of sp³-hybridized carbons (Fsp3) is 0.294. The van der Waals surface area contributed by atoms with Crippen molar-refractivity contribution in [1.82, 2.24) is 0 Å². The molecule has 0 N–H and O–H groups in total. The molecule has 2 aromatic carbocycles. The first kappa shape index (κ1) is 11.9. The molecule has 0 heteroatoms. The van der Waals surface area contributed by atoms with Gasteiger partial charge in [-0.2, -0.15) is 0 Å². The molecule has 0 atom stereocenters. The average molecular weight is 223 g/mol. The second-order valence-corrected chi connectivity index (χ2v) is 4.99. The van der Waals surface area contributed by atoms with Crippen molar-refractivity contribution >= 4 is 0 Å². The van der Waals surface area contributed by atoms with Gasteiger partial charge in [0.15, 0.2) is 0 Å². The molecule has 0 saturated heterocycles. The first-order valence-electron chi connectivity index (χ1n) is 6.06. The van der Waals surface area contributed by atoms with E-state index in [1.165, 1.54) is 38.9 Å². The van der Waals surface area contributed by atoms with E-state index in [1.807, 2.05) is 0 Å². The maximum Gasteiger partial charge on any atom is -0.0122 e. The Balaban J connectivity index is 2.72. The molecule has 0 unspecified atom stereocenters. The lowest BCUT2D eigenvalue weighted by atomic mass is 9.90. The van der Waals surface area contributed by atoms with Crippen LogP contribution in [0.25, 0.3) is 11.1 Å². The lowest BCUT2D eigenvalue weighted by Gasteiger charge is -2.14. The first-order valence-corrected chi connectivity index (χ1v) is 6.06. The molecule has 0 bridgehead atoms. The highest BCUT2D eigenvalue weighted by molar-refractivity contribution is 5.74. The van der Waals surface area contributed by atoms with E-state index < -0.39 is 0 Å². The third-order valence-electron chi connectivity index (χ3n) is 3.24. The van der Waals surface area contributed by atoms with E-state index in [0.29, 0.717) is 0 Å². The molecule has 0 amide bonds. The van der Waals surface area contributed by atoms with Crippen LogP contribution in [0.5, 0.6) is 0 Å². The largest absolute Gasteiger partial charge is 0.0557 e. The third-order valence-corrected chi connectivity index (χ3v) is 3.24. The number of aryl methyl sites for hydroxylation is 5. The molecule has 0 heterocycles. The molecule has 87 valence electrons. The van der Waals surface area contributed by atoms with Gasteiger partial charge in [-0.05, 0) is 74.1 Å². The fourth-order valence-electron chi connectivity index (χ4n) is 2.54. The summed E-state index contributed by atoms with van der Waals surface area (Å²) in [7, 11) is 0. The summed E-state index contributed by atoms with van der Waals surface area (Å²) in [6.07, 6.45) is 0. The van der Waals surface area contributed by atoms with Crippen LogP contribution in [0.15, 0.2) is 24.3 Å². The Labute approximate surface area is 104 Å². The van der Waals surface area contributed by atoms with Crippen molar-refractivity contribution in [2.75, 3.05) is 0 Å². The Morgan fingerprint density at radius 1 is 0.765 bits per heavy atom. The zero-order valence-corrected chi connectivity index (χ0v) is 11.3. The van der Waals surface area contributed by atoms with E-state index >= 15 is 0 Å². The summed E-state index contributed by atoms with van der Waals surface area (Å²) in [5.74, 6) is 0. The van der Waals surface area contributed by atoms with Crippen molar-refractivity contribution in [3.8, 4) is 11.1 Å². The Morgan fingerprint density at radius 2 is 1.35 bits per heavy atom. The summed E-state index contributed by atoms with van der Waals surface area (Å²) < 4.78 is 0. The average Bonchev–Trinajstić information content (AvgIpc) is 2.21. The normalized spacial score (nSPS) is 10.6. The van der Waals surface area contributed by atoms with Gasteiger partial charge in [-0.1, -0.05) is 29.8 Å². The third kappa shape index (κ3) is 2.26. The van der Waals surface area contributed by atoms with E-state index in [-0.39, 0.29) is 0 Å². The highest BCUT2D eigenvalue weighted by atomic mass is 14.1. The van der Waals surface area contributed by atoms with Crippen LogP contribution in [0.1, 0.15) is 27.8 Å². The molecule has 17 heavy (non-hydrogen) atoms. The van der Waals surface area contributed by atoms with E-state index in [9.17, 15) is 0 Å². The molecule has 0 aliphatic heterocycles. The summed E-state index contributed by atoms with van der Waals surface area (Å²) in [6, 6.07) is 12.2. The predicted molar refractivity (Wildman–Crippen MR) is 74.4 cm³/mol. The Kier molecular flexibility index (Phi) is 3.06. The van der Waals surface area contributed by atoms with E-state index in [2.05, 4.69) is 65.0 Å². The lowest BCUT2D eigenvalue weighted by Crippen LogP contribution is -1.93. The monoisotopic (exact) mass is 223 g/mol. The van der Waals surface area contributed by atoms with Gasteiger partial charge in [-0.3, -0.25) is 0 Å². The minimum absolute atomic E-state index is 1.23. The molecule has 2 rings (SSSR count). The standard InChI is InChI=1S/C17H19/c1-11-6-7-13(3)16(10-11)17-14(4)8-12(2)9-15(17)5/h6,8-10H,1-5H3. The van der Waals surface area contributed by atoms with E-state index in [4.69, 9.17) is 0 Å². The Bertz CT molecular complexity index is 539. The smallest absolute Gasteiger partial charge is 0.0122 e. The topological polar surface area (TPSA) is 0 Å². The second-order valence-electron chi connectivity index (χ2n) is 4.99. The summed E-state index contributed by atoms with van der Waals surface area (Å²) in [4.78, 5) is 0. The SMILES string of the molecule is Cc1cc(C)c(-c2cc(C)c[c]c2C)c(C)c1. The zero-order valence-electron chi connectivity index (χ0n) is 11.3. The van der Waals surface area contributed by atoms with Crippen LogP contribution in [0, 0.1) is 40.7 Å². The molecular weight excluding hydrogens is 204 g/mol. The van der Waals surface area contributed by atoms with Crippen molar-refractivity contribution in [2.24, 2.45) is 0 Å². The molecule has 2 aromatic rings. The summed E-state index contributed by atoms with van der Waals surface area (Å²) >= 11 is 0. The molecule has 0 aromatic heterocycles. The van der Waals surface area contributed by atoms with Crippen LogP contribution in [0.3, 0.4) is 0 Å². The first-order chi connectivity index (χ1) is 7.99. The molecule has 0 saturated carbocycles. The van der Waals surface area contributed by atoms with Gasteiger partial charge in [-0.15, -0.1) is 0 Å². The molecule has 0 spiro atoms. The zero-order chi connectivity index (χ0) is 12.6. The minimum atomic E-state index is 1.23. The van der Waals surface area contributed by atoms with Crippen LogP contribution in [0.4, 0.5) is 0 Å². The van der Waals surface area contributed by atoms with Crippen molar-refractivity contribution in [3.63, 3.8) is 0 Å². The number of hydrogen-bond donors (Lipinski definition) is 0. The Hall–Kier alpha value is -1.56. The van der Waals surface area contributed by atoms with Crippen LogP contribution >= 0.6 is 0 Å². The summed E-state index contributed by atoms with van der Waals surface area (Å²) in [5, 5.41) is 0. The van der Waals surface area contributed by atoms with Crippen LogP contribution in [0.2, 0.25) is 0 Å². The molecule has 0 aliphatic rings.